The van der Waals surface area contributed by atoms with Crippen LogP contribution >= 0.6 is 0 Å². The Bertz CT molecular complexity index is 314. The Kier molecular flexibility index (Phi) is 3.76. The van der Waals surface area contributed by atoms with Crippen LogP contribution in [-0.2, 0) is 0 Å². The highest BCUT2D eigenvalue weighted by atomic mass is 19.4. The molecule has 1 heterocycles. The van der Waals surface area contributed by atoms with Crippen molar-refractivity contribution in [1.82, 2.24) is 4.98 Å². The number of alkyl halides is 3. The van der Waals surface area contributed by atoms with Crippen LogP contribution < -0.4 is 10.1 Å². The maximum absolute atomic E-state index is 11.8. The average Bonchev–Trinajstić information content (AvgIpc) is 2.16. The molecule has 0 aliphatic heterocycles. The summed E-state index contributed by atoms with van der Waals surface area (Å²) in [5, 5.41) is 2.81. The lowest BCUT2D eigenvalue weighted by molar-refractivity contribution is -0.139. The highest BCUT2D eigenvalue weighted by molar-refractivity contribution is 5.44. The molecule has 0 saturated heterocycles. The molecule has 0 radical (unpaired) electrons. The van der Waals surface area contributed by atoms with E-state index < -0.39 is 19.2 Å². The Morgan fingerprint density at radius 2 is 2.13 bits per heavy atom. The molecule has 0 bridgehead atoms. The molecule has 0 unspecified atom stereocenters. The minimum atomic E-state index is -4.19. The van der Waals surface area contributed by atoms with E-state index in [1.807, 2.05) is 0 Å². The molecule has 3 nitrogen and oxygen atoms in total. The molecule has 0 aromatic carbocycles. The van der Waals surface area contributed by atoms with Gasteiger partial charge < -0.3 is 10.1 Å². The van der Waals surface area contributed by atoms with Gasteiger partial charge in [-0.1, -0.05) is 0 Å². The van der Waals surface area contributed by atoms with Crippen molar-refractivity contribution in [3.05, 3.63) is 18.5 Å². The quantitative estimate of drug-likeness (QED) is 0.846. The second-order valence-electron chi connectivity index (χ2n) is 2.87. The molecule has 0 aliphatic carbocycles. The van der Waals surface area contributed by atoms with Gasteiger partial charge in [-0.15, -0.1) is 0 Å². The molecule has 1 aromatic rings. The third-order valence-corrected chi connectivity index (χ3v) is 1.66. The Morgan fingerprint density at radius 3 is 2.73 bits per heavy atom. The van der Waals surface area contributed by atoms with Crippen molar-refractivity contribution in [2.45, 2.75) is 12.6 Å². The average molecular weight is 220 g/mol. The van der Waals surface area contributed by atoms with Gasteiger partial charge in [-0.3, -0.25) is 4.98 Å². The molecule has 0 atom stereocenters. The Balaban J connectivity index is 2.44. The van der Waals surface area contributed by atoms with E-state index in [1.54, 1.807) is 19.3 Å². The zero-order valence-electron chi connectivity index (χ0n) is 8.14. The first-order valence-corrected chi connectivity index (χ1v) is 4.33. The van der Waals surface area contributed by atoms with Gasteiger partial charge >= 0.3 is 6.18 Å². The van der Waals surface area contributed by atoms with Crippen molar-refractivity contribution in [2.75, 3.05) is 19.0 Å². The highest BCUT2D eigenvalue weighted by Gasteiger charge is 2.26. The molecule has 0 saturated carbocycles. The zero-order chi connectivity index (χ0) is 11.3. The minimum Gasteiger partial charge on any atom is -0.492 e. The zero-order valence-corrected chi connectivity index (χ0v) is 8.14. The lowest BCUT2D eigenvalue weighted by Crippen LogP contribution is -2.13. The first-order valence-electron chi connectivity index (χ1n) is 4.33. The monoisotopic (exact) mass is 220 g/mol. The molecule has 84 valence electrons. The summed E-state index contributed by atoms with van der Waals surface area (Å²) in [5.74, 6) is 0.325. The fraction of sp³-hybridized carbons (Fsp3) is 0.444. The molecule has 1 N–H and O–H groups in total. The van der Waals surface area contributed by atoms with Gasteiger partial charge in [-0.05, 0) is 0 Å². The van der Waals surface area contributed by atoms with Gasteiger partial charge in [0.25, 0.3) is 0 Å². The second-order valence-corrected chi connectivity index (χ2v) is 2.87. The molecular weight excluding hydrogens is 209 g/mol. The van der Waals surface area contributed by atoms with Crippen LogP contribution in [0, 0.1) is 0 Å². The van der Waals surface area contributed by atoms with E-state index >= 15 is 0 Å². The fourth-order valence-electron chi connectivity index (χ4n) is 0.919. The summed E-state index contributed by atoms with van der Waals surface area (Å²) in [4.78, 5) is 3.80. The molecule has 0 amide bonds. The Morgan fingerprint density at radius 1 is 1.40 bits per heavy atom. The predicted octanol–water partition coefficient (Wildman–Crippen LogP) is 2.45. The molecule has 15 heavy (non-hydrogen) atoms. The van der Waals surface area contributed by atoms with Gasteiger partial charge in [0.1, 0.15) is 5.75 Å². The summed E-state index contributed by atoms with van der Waals surface area (Å²) in [7, 11) is 1.69. The molecule has 0 aliphatic rings. The summed E-state index contributed by atoms with van der Waals surface area (Å²) >= 11 is 0. The summed E-state index contributed by atoms with van der Waals surface area (Å²) in [6.07, 6.45) is -2.22. The van der Waals surface area contributed by atoms with Crippen LogP contribution in [0.4, 0.5) is 18.9 Å². The van der Waals surface area contributed by atoms with E-state index in [9.17, 15) is 13.2 Å². The minimum absolute atomic E-state index is 0.325. The van der Waals surface area contributed by atoms with Crippen LogP contribution in [0.25, 0.3) is 0 Å². The molecule has 0 spiro atoms. The number of pyridine rings is 1. The van der Waals surface area contributed by atoms with E-state index in [0.717, 1.165) is 0 Å². The number of nitrogens with one attached hydrogen (secondary N) is 1. The maximum atomic E-state index is 11.8. The van der Waals surface area contributed by atoms with Gasteiger partial charge in [-0.2, -0.15) is 13.2 Å². The van der Waals surface area contributed by atoms with Crippen molar-refractivity contribution in [3.63, 3.8) is 0 Å². The van der Waals surface area contributed by atoms with E-state index in [2.05, 4.69) is 10.3 Å². The third kappa shape index (κ3) is 4.53. The number of halogens is 3. The number of anilines is 1. The Hall–Kier alpha value is -1.46. The third-order valence-electron chi connectivity index (χ3n) is 1.66. The highest BCUT2D eigenvalue weighted by Crippen LogP contribution is 2.20. The number of nitrogens with zero attached hydrogens (tertiary/aromatic N) is 1. The summed E-state index contributed by atoms with van der Waals surface area (Å²) in [6.45, 7) is -0.391. The van der Waals surface area contributed by atoms with Crippen LogP contribution in [0.5, 0.6) is 5.75 Å². The molecular formula is C9H11F3N2O. The van der Waals surface area contributed by atoms with Crippen LogP contribution in [0.15, 0.2) is 18.5 Å². The van der Waals surface area contributed by atoms with Crippen LogP contribution in [0.2, 0.25) is 0 Å². The van der Waals surface area contributed by atoms with Crippen molar-refractivity contribution >= 4 is 5.69 Å². The summed E-state index contributed by atoms with van der Waals surface area (Å²) < 4.78 is 40.3. The smallest absolute Gasteiger partial charge is 0.392 e. The topological polar surface area (TPSA) is 34.2 Å². The van der Waals surface area contributed by atoms with Crippen molar-refractivity contribution in [3.8, 4) is 5.75 Å². The van der Waals surface area contributed by atoms with Gasteiger partial charge in [-0.25, -0.2) is 0 Å². The van der Waals surface area contributed by atoms with Crippen LogP contribution in [-0.4, -0.2) is 24.8 Å². The van der Waals surface area contributed by atoms with E-state index in [1.165, 1.54) is 6.20 Å². The Labute approximate surface area is 85.3 Å². The lowest BCUT2D eigenvalue weighted by atomic mass is 10.4. The first kappa shape index (κ1) is 11.6. The normalized spacial score (nSPS) is 11.2. The summed E-state index contributed by atoms with van der Waals surface area (Å²) in [5.41, 5.74) is 0.694. The molecule has 1 aromatic heterocycles. The first-order chi connectivity index (χ1) is 7.01. The van der Waals surface area contributed by atoms with Gasteiger partial charge in [0.2, 0.25) is 0 Å². The van der Waals surface area contributed by atoms with Crippen molar-refractivity contribution in [2.24, 2.45) is 0 Å². The number of aromatic nitrogens is 1. The van der Waals surface area contributed by atoms with E-state index in [0.29, 0.717) is 11.4 Å². The van der Waals surface area contributed by atoms with Gasteiger partial charge in [0.15, 0.2) is 0 Å². The van der Waals surface area contributed by atoms with Crippen molar-refractivity contribution in [1.29, 1.82) is 0 Å². The SMILES string of the molecule is CNc1cncc(OCCC(F)(F)F)c1. The van der Waals surface area contributed by atoms with Gasteiger partial charge in [0.05, 0.1) is 31.1 Å². The largest absolute Gasteiger partial charge is 0.492 e. The molecule has 0 fully saturated rings. The second kappa shape index (κ2) is 4.86. The molecule has 1 rings (SSSR count). The number of hydrogen-bond donors (Lipinski definition) is 1. The lowest BCUT2D eigenvalue weighted by Gasteiger charge is -2.09. The standard InChI is InChI=1S/C9H11F3N2O/c1-13-7-4-8(6-14-5-7)15-3-2-9(10,11)12/h4-6,13H,2-3H2,1H3. The van der Waals surface area contributed by atoms with E-state index in [-0.39, 0.29) is 0 Å². The van der Waals surface area contributed by atoms with Crippen LogP contribution in [0.3, 0.4) is 0 Å². The van der Waals surface area contributed by atoms with Crippen LogP contribution in [0.1, 0.15) is 6.42 Å². The summed E-state index contributed by atoms with van der Waals surface area (Å²) in [6, 6.07) is 1.59. The predicted molar refractivity (Wildman–Crippen MR) is 50.0 cm³/mol. The van der Waals surface area contributed by atoms with Crippen molar-refractivity contribution < 1.29 is 17.9 Å². The maximum Gasteiger partial charge on any atom is 0.392 e. The van der Waals surface area contributed by atoms with E-state index in [4.69, 9.17) is 4.74 Å². The number of hydrogen-bond acceptors (Lipinski definition) is 3. The number of ether oxygens (including phenoxy) is 1. The van der Waals surface area contributed by atoms with Gasteiger partial charge in [0, 0.05) is 13.1 Å². The molecule has 6 heteroatoms. The number of rotatable bonds is 4. The fourth-order valence-corrected chi connectivity index (χ4v) is 0.919.